The zero-order valence-electron chi connectivity index (χ0n) is 8.82. The van der Waals surface area contributed by atoms with Crippen molar-refractivity contribution >= 4 is 16.9 Å². The molecule has 0 aliphatic heterocycles. The number of carboxylic acid groups (broad SMARTS) is 1. The van der Waals surface area contributed by atoms with Crippen LogP contribution in [0.25, 0.3) is 10.9 Å². The van der Waals surface area contributed by atoms with Crippen LogP contribution in [0.4, 0.5) is 0 Å². The first-order valence-corrected chi connectivity index (χ1v) is 4.85. The van der Waals surface area contributed by atoms with E-state index in [1.54, 1.807) is 0 Å². The fraction of sp³-hybridized carbons (Fsp3) is 0.250. The third-order valence-corrected chi connectivity index (χ3v) is 2.63. The van der Waals surface area contributed by atoms with Crippen LogP contribution < -0.4 is 0 Å². The summed E-state index contributed by atoms with van der Waals surface area (Å²) in [7, 11) is 1.97. The number of benzene rings is 1. The lowest BCUT2D eigenvalue weighted by Crippen LogP contribution is -2.00. The van der Waals surface area contributed by atoms with Crippen molar-refractivity contribution in [1.29, 1.82) is 0 Å². The normalized spacial score (nSPS) is 10.8. The summed E-state index contributed by atoms with van der Waals surface area (Å²) < 4.78 is 2.02. The maximum Gasteiger partial charge on any atom is 0.307 e. The summed E-state index contributed by atoms with van der Waals surface area (Å²) in [5, 5.41) is 9.89. The number of aryl methyl sites for hydroxylation is 2. The molecule has 15 heavy (non-hydrogen) atoms. The van der Waals surface area contributed by atoms with Gasteiger partial charge in [-0.3, -0.25) is 4.79 Å². The quantitative estimate of drug-likeness (QED) is 0.812. The number of aromatic nitrogens is 1. The molecule has 3 heteroatoms. The summed E-state index contributed by atoms with van der Waals surface area (Å²) in [6.07, 6.45) is 2.11. The molecule has 0 saturated carbocycles. The molecule has 0 amide bonds. The Labute approximate surface area is 87.9 Å². The van der Waals surface area contributed by atoms with E-state index < -0.39 is 5.97 Å². The first kappa shape index (κ1) is 9.77. The van der Waals surface area contributed by atoms with E-state index in [1.807, 2.05) is 42.9 Å². The van der Waals surface area contributed by atoms with Crippen molar-refractivity contribution in [2.75, 3.05) is 0 Å². The molecule has 0 aliphatic carbocycles. The Balaban J connectivity index is 2.69. The van der Waals surface area contributed by atoms with Crippen molar-refractivity contribution in [3.05, 3.63) is 35.5 Å². The van der Waals surface area contributed by atoms with E-state index in [1.165, 1.54) is 0 Å². The first-order chi connectivity index (χ1) is 7.09. The predicted octanol–water partition coefficient (Wildman–Crippen LogP) is 2.11. The molecule has 0 bridgehead atoms. The van der Waals surface area contributed by atoms with Crippen LogP contribution in [0.3, 0.4) is 0 Å². The first-order valence-electron chi connectivity index (χ1n) is 4.85. The molecular formula is C12H13NO2. The highest BCUT2D eigenvalue weighted by Gasteiger charge is 2.09. The van der Waals surface area contributed by atoms with E-state index in [9.17, 15) is 4.79 Å². The zero-order chi connectivity index (χ0) is 11.0. The van der Waals surface area contributed by atoms with Gasteiger partial charge in [-0.25, -0.2) is 0 Å². The molecule has 1 heterocycles. The van der Waals surface area contributed by atoms with Crippen molar-refractivity contribution in [2.24, 2.45) is 7.05 Å². The van der Waals surface area contributed by atoms with Crippen LogP contribution in [-0.4, -0.2) is 15.6 Å². The van der Waals surface area contributed by atoms with Crippen molar-refractivity contribution in [3.63, 3.8) is 0 Å². The van der Waals surface area contributed by atoms with Gasteiger partial charge in [-0.05, 0) is 24.1 Å². The van der Waals surface area contributed by atoms with Gasteiger partial charge in [0.15, 0.2) is 0 Å². The number of fused-ring (bicyclic) bond motifs is 1. The summed E-state index contributed by atoms with van der Waals surface area (Å²) in [6, 6.07) is 5.79. The molecule has 0 spiro atoms. The third-order valence-electron chi connectivity index (χ3n) is 2.63. The van der Waals surface area contributed by atoms with Crippen molar-refractivity contribution in [3.8, 4) is 0 Å². The minimum absolute atomic E-state index is 0.0855. The molecular weight excluding hydrogens is 190 g/mol. The fourth-order valence-corrected chi connectivity index (χ4v) is 2.07. The van der Waals surface area contributed by atoms with Gasteiger partial charge in [-0.1, -0.05) is 12.1 Å². The minimum atomic E-state index is -0.786. The molecule has 3 nitrogen and oxygen atoms in total. The Morgan fingerprint density at radius 2 is 2.20 bits per heavy atom. The van der Waals surface area contributed by atoms with Gasteiger partial charge in [0, 0.05) is 24.1 Å². The Morgan fingerprint density at radius 1 is 1.47 bits per heavy atom. The average molecular weight is 203 g/mol. The smallest absolute Gasteiger partial charge is 0.307 e. The Morgan fingerprint density at radius 3 is 2.87 bits per heavy atom. The predicted molar refractivity (Wildman–Crippen MR) is 59.0 cm³/mol. The summed E-state index contributed by atoms with van der Waals surface area (Å²) in [5.41, 5.74) is 3.11. The highest BCUT2D eigenvalue weighted by molar-refractivity contribution is 5.89. The highest BCUT2D eigenvalue weighted by atomic mass is 16.4. The van der Waals surface area contributed by atoms with Crippen LogP contribution in [0.15, 0.2) is 24.4 Å². The van der Waals surface area contributed by atoms with Crippen LogP contribution in [0.1, 0.15) is 11.1 Å². The lowest BCUT2D eigenvalue weighted by Gasteiger charge is -2.02. The standard InChI is InChI=1S/C12H13NO2/c1-8-7-13(2)10-5-3-4-9(12(8)10)6-11(14)15/h3-5,7H,6H2,1-2H3,(H,14,15). The van der Waals surface area contributed by atoms with Crippen LogP contribution >= 0.6 is 0 Å². The van der Waals surface area contributed by atoms with E-state index in [4.69, 9.17) is 5.11 Å². The number of hydrogen-bond donors (Lipinski definition) is 1. The summed E-state index contributed by atoms with van der Waals surface area (Å²) in [6.45, 7) is 2.01. The Hall–Kier alpha value is -1.77. The Bertz CT molecular complexity index is 526. The van der Waals surface area contributed by atoms with Gasteiger partial charge in [-0.2, -0.15) is 0 Å². The summed E-state index contributed by atoms with van der Waals surface area (Å²) in [5.74, 6) is -0.786. The lowest BCUT2D eigenvalue weighted by molar-refractivity contribution is -0.136. The van der Waals surface area contributed by atoms with Crippen molar-refractivity contribution < 1.29 is 9.90 Å². The number of rotatable bonds is 2. The maximum atomic E-state index is 10.7. The van der Waals surface area contributed by atoms with Crippen LogP contribution in [0.5, 0.6) is 0 Å². The van der Waals surface area contributed by atoms with Crippen LogP contribution in [0.2, 0.25) is 0 Å². The monoisotopic (exact) mass is 203 g/mol. The van der Waals surface area contributed by atoms with E-state index in [0.717, 1.165) is 22.0 Å². The second kappa shape index (κ2) is 3.42. The van der Waals surface area contributed by atoms with Crippen molar-refractivity contribution in [2.45, 2.75) is 13.3 Å². The molecule has 2 rings (SSSR count). The van der Waals surface area contributed by atoms with E-state index in [2.05, 4.69) is 0 Å². The molecule has 2 aromatic rings. The van der Waals surface area contributed by atoms with E-state index in [0.29, 0.717) is 0 Å². The molecule has 0 radical (unpaired) electrons. The molecule has 0 unspecified atom stereocenters. The zero-order valence-corrected chi connectivity index (χ0v) is 8.82. The van der Waals surface area contributed by atoms with Gasteiger partial charge >= 0.3 is 5.97 Å². The third kappa shape index (κ3) is 1.61. The largest absolute Gasteiger partial charge is 0.481 e. The second-order valence-electron chi connectivity index (χ2n) is 3.80. The summed E-state index contributed by atoms with van der Waals surface area (Å²) in [4.78, 5) is 10.7. The fourth-order valence-electron chi connectivity index (χ4n) is 2.07. The van der Waals surface area contributed by atoms with Gasteiger partial charge in [-0.15, -0.1) is 0 Å². The maximum absolute atomic E-state index is 10.7. The number of carboxylic acids is 1. The second-order valence-corrected chi connectivity index (χ2v) is 3.80. The minimum Gasteiger partial charge on any atom is -0.481 e. The van der Waals surface area contributed by atoms with Gasteiger partial charge < -0.3 is 9.67 Å². The van der Waals surface area contributed by atoms with Gasteiger partial charge in [0.2, 0.25) is 0 Å². The van der Waals surface area contributed by atoms with E-state index in [-0.39, 0.29) is 6.42 Å². The summed E-state index contributed by atoms with van der Waals surface area (Å²) >= 11 is 0. The highest BCUT2D eigenvalue weighted by Crippen LogP contribution is 2.24. The number of hydrogen-bond acceptors (Lipinski definition) is 1. The average Bonchev–Trinajstić information content (AvgIpc) is 2.43. The molecule has 1 N–H and O–H groups in total. The Kier molecular flexibility index (Phi) is 2.23. The van der Waals surface area contributed by atoms with Crippen molar-refractivity contribution in [1.82, 2.24) is 4.57 Å². The molecule has 1 aromatic carbocycles. The lowest BCUT2D eigenvalue weighted by atomic mass is 10.0. The molecule has 78 valence electrons. The van der Waals surface area contributed by atoms with E-state index >= 15 is 0 Å². The number of carbonyl (C=O) groups is 1. The van der Waals surface area contributed by atoms with Gasteiger partial charge in [0.05, 0.1) is 6.42 Å². The van der Waals surface area contributed by atoms with Crippen LogP contribution in [0, 0.1) is 6.92 Å². The van der Waals surface area contributed by atoms with Gasteiger partial charge in [0.25, 0.3) is 0 Å². The molecule has 0 atom stereocenters. The molecule has 0 aliphatic rings. The van der Waals surface area contributed by atoms with Crippen LogP contribution in [-0.2, 0) is 18.3 Å². The topological polar surface area (TPSA) is 42.2 Å². The molecule has 1 aromatic heterocycles. The number of nitrogens with zero attached hydrogens (tertiary/aromatic N) is 1. The SMILES string of the molecule is Cc1cn(C)c2cccc(CC(=O)O)c12. The molecule has 0 saturated heterocycles. The van der Waals surface area contributed by atoms with Gasteiger partial charge in [0.1, 0.15) is 0 Å². The molecule has 0 fully saturated rings. The number of aliphatic carboxylic acids is 1.